The molecule has 3 rings (SSSR count). The fraction of sp³-hybridized carbons (Fsp3) is 0.105. The van der Waals surface area contributed by atoms with E-state index >= 15 is 0 Å². The number of nitrogens with one attached hydrogen (secondary N) is 1. The highest BCUT2D eigenvalue weighted by Gasteiger charge is 2.26. The quantitative estimate of drug-likeness (QED) is 0.733. The van der Waals surface area contributed by atoms with E-state index in [1.54, 1.807) is 0 Å². The van der Waals surface area contributed by atoms with E-state index in [0.29, 0.717) is 5.56 Å². The maximum atomic E-state index is 12.5. The van der Waals surface area contributed by atoms with Crippen molar-refractivity contribution in [2.24, 2.45) is 0 Å². The Labute approximate surface area is 144 Å². The van der Waals surface area contributed by atoms with Crippen LogP contribution in [0, 0.1) is 0 Å². The predicted molar refractivity (Wildman–Crippen MR) is 91.8 cm³/mol. The molecule has 0 unspecified atom stereocenters. The topological polar surface area (TPSA) is 62.5 Å². The molecule has 2 atom stereocenters. The van der Waals surface area contributed by atoms with Gasteiger partial charge in [0.15, 0.2) is 0 Å². The van der Waals surface area contributed by atoms with Crippen LogP contribution in [-0.2, 0) is 0 Å². The zero-order chi connectivity index (χ0) is 16.9. The third-order valence-electron chi connectivity index (χ3n) is 3.76. The van der Waals surface area contributed by atoms with Crippen LogP contribution in [-0.4, -0.2) is 11.0 Å². The molecule has 0 aliphatic rings. The smallest absolute Gasteiger partial charge is 0.256 e. The van der Waals surface area contributed by atoms with Crippen molar-refractivity contribution in [1.29, 1.82) is 0 Å². The Morgan fingerprint density at radius 1 is 0.958 bits per heavy atom. The third-order valence-corrected chi connectivity index (χ3v) is 4.06. The Kier molecular flexibility index (Phi) is 4.99. The summed E-state index contributed by atoms with van der Waals surface area (Å²) in [7, 11) is 0. The summed E-state index contributed by atoms with van der Waals surface area (Å²) in [5.74, 6) is -0.405. The molecule has 1 heterocycles. The van der Waals surface area contributed by atoms with E-state index < -0.39 is 18.1 Å². The minimum Gasteiger partial charge on any atom is -0.452 e. The van der Waals surface area contributed by atoms with Crippen LogP contribution >= 0.6 is 11.6 Å². The number of aliphatic hydroxyl groups excluding tert-OH is 1. The van der Waals surface area contributed by atoms with Gasteiger partial charge in [0, 0.05) is 0 Å². The fourth-order valence-corrected chi connectivity index (χ4v) is 2.72. The summed E-state index contributed by atoms with van der Waals surface area (Å²) in [4.78, 5) is 12.5. The number of hydrogen-bond acceptors (Lipinski definition) is 3. The molecule has 1 amide bonds. The zero-order valence-electron chi connectivity index (χ0n) is 12.7. The second kappa shape index (κ2) is 7.34. The lowest BCUT2D eigenvalue weighted by Crippen LogP contribution is -2.32. The predicted octanol–water partition coefficient (Wildman–Crippen LogP) is 4.14. The number of benzene rings is 2. The van der Waals surface area contributed by atoms with Crippen LogP contribution in [0.3, 0.4) is 0 Å². The molecule has 3 aromatic rings. The van der Waals surface area contributed by atoms with Crippen LogP contribution in [0.1, 0.15) is 33.6 Å². The van der Waals surface area contributed by atoms with Gasteiger partial charge in [-0.15, -0.1) is 0 Å². The summed E-state index contributed by atoms with van der Waals surface area (Å²) in [5.41, 5.74) is 1.74. The molecule has 24 heavy (non-hydrogen) atoms. The van der Waals surface area contributed by atoms with Crippen LogP contribution in [0.15, 0.2) is 77.4 Å². The third kappa shape index (κ3) is 3.50. The van der Waals surface area contributed by atoms with Crippen LogP contribution in [0.2, 0.25) is 5.22 Å². The number of carbonyl (C=O) groups excluding carboxylic acids is 1. The van der Waals surface area contributed by atoms with Crippen LogP contribution in [0.5, 0.6) is 0 Å². The molecule has 0 bridgehead atoms. The molecule has 0 aliphatic carbocycles. The summed E-state index contributed by atoms with van der Waals surface area (Å²) >= 11 is 5.87. The van der Waals surface area contributed by atoms with Gasteiger partial charge in [0.2, 0.25) is 5.22 Å². The molecule has 2 N–H and O–H groups in total. The molecule has 0 aliphatic heterocycles. The monoisotopic (exact) mass is 341 g/mol. The first-order valence-corrected chi connectivity index (χ1v) is 7.86. The average molecular weight is 342 g/mol. The number of carbonyl (C=O) groups is 1. The lowest BCUT2D eigenvalue weighted by atomic mass is 9.95. The number of hydrogen-bond donors (Lipinski definition) is 2. The highest BCUT2D eigenvalue weighted by Crippen LogP contribution is 2.29. The van der Waals surface area contributed by atoms with Crippen molar-refractivity contribution in [2.45, 2.75) is 12.1 Å². The molecule has 0 saturated heterocycles. The van der Waals surface area contributed by atoms with Crippen molar-refractivity contribution in [2.75, 3.05) is 0 Å². The summed E-state index contributed by atoms with van der Waals surface area (Å²) in [6.07, 6.45) is 0.450. The van der Waals surface area contributed by atoms with E-state index in [0.717, 1.165) is 5.56 Å². The molecule has 5 heteroatoms. The Morgan fingerprint density at radius 2 is 1.54 bits per heavy atom. The maximum absolute atomic E-state index is 12.5. The first kappa shape index (κ1) is 16.3. The van der Waals surface area contributed by atoms with Crippen molar-refractivity contribution >= 4 is 17.5 Å². The molecular formula is C19H16ClNO3. The van der Waals surface area contributed by atoms with Gasteiger partial charge in [-0.2, -0.15) is 0 Å². The van der Waals surface area contributed by atoms with Crippen molar-refractivity contribution in [3.63, 3.8) is 0 Å². The number of halogens is 1. The number of aliphatic hydroxyl groups is 1. The molecule has 1 aromatic heterocycles. The highest BCUT2D eigenvalue weighted by molar-refractivity contribution is 6.32. The minimum absolute atomic E-state index is 0.0218. The van der Waals surface area contributed by atoms with Crippen LogP contribution < -0.4 is 5.32 Å². The number of furan rings is 1. The molecular weight excluding hydrogens is 326 g/mol. The van der Waals surface area contributed by atoms with E-state index in [9.17, 15) is 9.90 Å². The SMILES string of the molecule is O=C(N[C@H](c1ccccc1)[C@@H](O)c1ccccc1)c1ccoc1Cl. The molecule has 4 nitrogen and oxygen atoms in total. The van der Waals surface area contributed by atoms with Crippen molar-refractivity contribution in [3.05, 3.63) is 94.9 Å². The van der Waals surface area contributed by atoms with Crippen molar-refractivity contribution in [3.8, 4) is 0 Å². The zero-order valence-corrected chi connectivity index (χ0v) is 13.5. The normalized spacial score (nSPS) is 13.2. The summed E-state index contributed by atoms with van der Waals surface area (Å²) in [6.45, 7) is 0. The van der Waals surface area contributed by atoms with Crippen LogP contribution in [0.25, 0.3) is 0 Å². The summed E-state index contributed by atoms with van der Waals surface area (Å²) < 4.78 is 4.96. The maximum Gasteiger partial charge on any atom is 0.256 e. The second-order valence-corrected chi connectivity index (χ2v) is 5.67. The number of amides is 1. The molecule has 122 valence electrons. The first-order valence-electron chi connectivity index (χ1n) is 7.48. The van der Waals surface area contributed by atoms with Gasteiger partial charge in [-0.05, 0) is 28.8 Å². The fourth-order valence-electron chi connectivity index (χ4n) is 2.52. The van der Waals surface area contributed by atoms with E-state index in [2.05, 4.69) is 5.32 Å². The Bertz CT molecular complexity index is 802. The van der Waals surface area contributed by atoms with Gasteiger partial charge in [0.25, 0.3) is 5.91 Å². The molecule has 0 saturated carbocycles. The summed E-state index contributed by atoms with van der Waals surface area (Å²) in [5, 5.41) is 13.6. The molecule has 2 aromatic carbocycles. The van der Waals surface area contributed by atoms with Gasteiger partial charge in [-0.1, -0.05) is 60.7 Å². The molecule has 0 radical (unpaired) electrons. The van der Waals surface area contributed by atoms with Gasteiger partial charge in [0.1, 0.15) is 6.10 Å². The van der Waals surface area contributed by atoms with Gasteiger partial charge >= 0.3 is 0 Å². The van der Waals surface area contributed by atoms with Crippen molar-refractivity contribution in [1.82, 2.24) is 5.32 Å². The molecule has 0 fully saturated rings. The minimum atomic E-state index is -0.900. The number of rotatable bonds is 5. The van der Waals surface area contributed by atoms with Gasteiger partial charge < -0.3 is 14.8 Å². The van der Waals surface area contributed by atoms with Gasteiger partial charge in [-0.3, -0.25) is 4.79 Å². The van der Waals surface area contributed by atoms with Crippen molar-refractivity contribution < 1.29 is 14.3 Å². The van der Waals surface area contributed by atoms with Gasteiger partial charge in [0.05, 0.1) is 17.9 Å². The highest BCUT2D eigenvalue weighted by atomic mass is 35.5. The van der Waals surface area contributed by atoms with E-state index in [1.807, 2.05) is 60.7 Å². The molecule has 0 spiro atoms. The van der Waals surface area contributed by atoms with Gasteiger partial charge in [-0.25, -0.2) is 0 Å². The summed E-state index contributed by atoms with van der Waals surface area (Å²) in [6, 6.07) is 19.4. The Morgan fingerprint density at radius 3 is 2.08 bits per heavy atom. The van der Waals surface area contributed by atoms with E-state index in [4.69, 9.17) is 16.0 Å². The lowest BCUT2D eigenvalue weighted by molar-refractivity contribution is 0.0831. The Hall–Kier alpha value is -2.56. The first-order chi connectivity index (χ1) is 11.7. The largest absolute Gasteiger partial charge is 0.452 e. The van der Waals surface area contributed by atoms with Crippen LogP contribution in [0.4, 0.5) is 0 Å². The van der Waals surface area contributed by atoms with E-state index in [-0.39, 0.29) is 10.8 Å². The lowest BCUT2D eigenvalue weighted by Gasteiger charge is -2.25. The average Bonchev–Trinajstić information content (AvgIpc) is 3.06. The Balaban J connectivity index is 1.91. The standard InChI is InChI=1S/C19H16ClNO3/c20-18-15(11-12-24-18)19(23)21-16(13-7-3-1-4-8-13)17(22)14-9-5-2-6-10-14/h1-12,16-17,22H,(H,21,23)/t16-,17+/m1/s1. The van der Waals surface area contributed by atoms with E-state index in [1.165, 1.54) is 12.3 Å². The second-order valence-electron chi connectivity index (χ2n) is 5.33.